The number of ether oxygens (including phenoxy) is 1. The zero-order chi connectivity index (χ0) is 17.8. The maximum atomic E-state index is 12.3. The molecule has 0 radical (unpaired) electrons. The summed E-state index contributed by atoms with van der Waals surface area (Å²) in [5.41, 5.74) is -0.535. The van der Waals surface area contributed by atoms with Crippen LogP contribution in [0.1, 0.15) is 48.0 Å². The number of nitrogens with one attached hydrogen (secondary N) is 2. The summed E-state index contributed by atoms with van der Waals surface area (Å²) in [6.07, 6.45) is 0.312. The summed E-state index contributed by atoms with van der Waals surface area (Å²) < 4.78 is 5.33. The van der Waals surface area contributed by atoms with Gasteiger partial charge in [0.15, 0.2) is 0 Å². The Morgan fingerprint density at radius 2 is 1.83 bits per heavy atom. The molecule has 7 nitrogen and oxygen atoms in total. The Balaban J connectivity index is 2.54. The number of nitrogens with zero attached hydrogens (tertiary/aromatic N) is 1. The van der Waals surface area contributed by atoms with E-state index in [0.29, 0.717) is 19.5 Å². The standard InChI is InChI=1S/C16H29N3O4/c1-10(2)13(17-11(3)20)14(21)18-12-7-8-19(9-12)15(22)23-16(4,5)6/h10,12-13H,7-9H2,1-6H3,(H,17,20)(H,18,21)/t12-,13-/m0/s1. The Hall–Kier alpha value is -1.79. The van der Waals surface area contributed by atoms with Gasteiger partial charge < -0.3 is 20.3 Å². The summed E-state index contributed by atoms with van der Waals surface area (Å²) in [7, 11) is 0. The van der Waals surface area contributed by atoms with E-state index >= 15 is 0 Å². The van der Waals surface area contributed by atoms with E-state index in [1.807, 2.05) is 34.6 Å². The molecule has 1 rings (SSSR count). The molecule has 23 heavy (non-hydrogen) atoms. The van der Waals surface area contributed by atoms with Crippen LogP contribution in [0.4, 0.5) is 4.79 Å². The van der Waals surface area contributed by atoms with E-state index in [9.17, 15) is 14.4 Å². The average molecular weight is 327 g/mol. The van der Waals surface area contributed by atoms with Crippen LogP contribution in [0.2, 0.25) is 0 Å². The molecule has 0 bridgehead atoms. The number of likely N-dealkylation sites (tertiary alicyclic amines) is 1. The second-order valence-electron chi connectivity index (χ2n) is 7.34. The van der Waals surface area contributed by atoms with Gasteiger partial charge in [-0.15, -0.1) is 0 Å². The lowest BCUT2D eigenvalue weighted by Crippen LogP contribution is -2.52. The Morgan fingerprint density at radius 1 is 1.22 bits per heavy atom. The van der Waals surface area contributed by atoms with Crippen molar-refractivity contribution in [1.29, 1.82) is 0 Å². The predicted molar refractivity (Wildman–Crippen MR) is 86.8 cm³/mol. The van der Waals surface area contributed by atoms with Crippen LogP contribution in [0.25, 0.3) is 0 Å². The van der Waals surface area contributed by atoms with Crippen molar-refractivity contribution in [2.45, 2.75) is 65.6 Å². The van der Waals surface area contributed by atoms with E-state index in [2.05, 4.69) is 10.6 Å². The third-order valence-electron chi connectivity index (χ3n) is 3.49. The van der Waals surface area contributed by atoms with Gasteiger partial charge in [-0.3, -0.25) is 9.59 Å². The molecule has 0 spiro atoms. The first-order valence-corrected chi connectivity index (χ1v) is 8.05. The summed E-state index contributed by atoms with van der Waals surface area (Å²) in [6.45, 7) is 11.6. The number of amides is 3. The van der Waals surface area contributed by atoms with Crippen LogP contribution in [0.5, 0.6) is 0 Å². The summed E-state index contributed by atoms with van der Waals surface area (Å²) in [5, 5.41) is 5.57. The molecule has 1 heterocycles. The van der Waals surface area contributed by atoms with Gasteiger partial charge in [-0.05, 0) is 33.1 Å². The fraction of sp³-hybridized carbons (Fsp3) is 0.812. The van der Waals surface area contributed by atoms with E-state index in [0.717, 1.165) is 0 Å². The van der Waals surface area contributed by atoms with Crippen LogP contribution in [-0.2, 0) is 14.3 Å². The van der Waals surface area contributed by atoms with E-state index < -0.39 is 11.6 Å². The minimum atomic E-state index is -0.567. The van der Waals surface area contributed by atoms with Crippen molar-refractivity contribution in [2.24, 2.45) is 5.92 Å². The molecule has 132 valence electrons. The molecule has 0 saturated carbocycles. The fourth-order valence-electron chi connectivity index (χ4n) is 2.42. The Morgan fingerprint density at radius 3 is 2.30 bits per heavy atom. The number of carbonyl (C=O) groups is 3. The second kappa shape index (κ2) is 7.66. The van der Waals surface area contributed by atoms with Crippen LogP contribution in [-0.4, -0.2) is 53.6 Å². The minimum Gasteiger partial charge on any atom is -0.444 e. The highest BCUT2D eigenvalue weighted by molar-refractivity contribution is 5.87. The van der Waals surface area contributed by atoms with Gasteiger partial charge in [0.25, 0.3) is 0 Å². The molecular weight excluding hydrogens is 298 g/mol. The molecule has 0 aromatic rings. The Labute approximate surface area is 138 Å². The third kappa shape index (κ3) is 6.46. The van der Waals surface area contributed by atoms with Crippen molar-refractivity contribution < 1.29 is 19.1 Å². The van der Waals surface area contributed by atoms with Crippen molar-refractivity contribution in [3.63, 3.8) is 0 Å². The van der Waals surface area contributed by atoms with Crippen LogP contribution in [0.3, 0.4) is 0 Å². The predicted octanol–water partition coefficient (Wildman–Crippen LogP) is 1.27. The molecule has 1 saturated heterocycles. The van der Waals surface area contributed by atoms with E-state index in [4.69, 9.17) is 4.74 Å². The van der Waals surface area contributed by atoms with E-state index in [-0.39, 0.29) is 29.9 Å². The molecular formula is C16H29N3O4. The quantitative estimate of drug-likeness (QED) is 0.814. The van der Waals surface area contributed by atoms with Crippen molar-refractivity contribution in [1.82, 2.24) is 15.5 Å². The first kappa shape index (κ1) is 19.3. The molecule has 0 aromatic heterocycles. The zero-order valence-corrected chi connectivity index (χ0v) is 14.9. The molecule has 0 aromatic carbocycles. The Bertz CT molecular complexity index is 457. The summed E-state index contributed by atoms with van der Waals surface area (Å²) in [6, 6.07) is -0.687. The molecule has 1 fully saturated rings. The molecule has 2 atom stereocenters. The van der Waals surface area contributed by atoms with Crippen LogP contribution in [0, 0.1) is 5.92 Å². The number of hydrogen-bond donors (Lipinski definition) is 2. The van der Waals surface area contributed by atoms with Crippen molar-refractivity contribution in [3.8, 4) is 0 Å². The molecule has 7 heteroatoms. The first-order valence-electron chi connectivity index (χ1n) is 8.05. The number of carbonyl (C=O) groups excluding carboxylic acids is 3. The normalized spacial score (nSPS) is 19.4. The van der Waals surface area contributed by atoms with Crippen LogP contribution in [0.15, 0.2) is 0 Å². The van der Waals surface area contributed by atoms with Gasteiger partial charge in [0.05, 0.1) is 0 Å². The molecule has 3 amide bonds. The summed E-state index contributed by atoms with van der Waals surface area (Å²) >= 11 is 0. The lowest BCUT2D eigenvalue weighted by Gasteiger charge is -2.25. The van der Waals surface area contributed by atoms with E-state index in [1.54, 1.807) is 4.90 Å². The second-order valence-corrected chi connectivity index (χ2v) is 7.34. The van der Waals surface area contributed by atoms with Gasteiger partial charge >= 0.3 is 6.09 Å². The van der Waals surface area contributed by atoms with Gasteiger partial charge in [0.1, 0.15) is 11.6 Å². The van der Waals surface area contributed by atoms with Crippen LogP contribution < -0.4 is 10.6 Å². The Kier molecular flexibility index (Phi) is 6.41. The molecule has 0 unspecified atom stereocenters. The van der Waals surface area contributed by atoms with Gasteiger partial charge in [-0.1, -0.05) is 13.8 Å². The average Bonchev–Trinajstić information content (AvgIpc) is 2.81. The minimum absolute atomic E-state index is 0.0118. The largest absolute Gasteiger partial charge is 0.444 e. The fourth-order valence-corrected chi connectivity index (χ4v) is 2.42. The first-order chi connectivity index (χ1) is 10.5. The maximum absolute atomic E-state index is 12.3. The van der Waals surface area contributed by atoms with Gasteiger partial charge in [0.2, 0.25) is 11.8 Å². The third-order valence-corrected chi connectivity index (χ3v) is 3.49. The SMILES string of the molecule is CC(=O)N[C@H](C(=O)N[C@H]1CCN(C(=O)OC(C)(C)C)C1)C(C)C. The highest BCUT2D eigenvalue weighted by Crippen LogP contribution is 2.15. The van der Waals surface area contributed by atoms with Crippen LogP contribution >= 0.6 is 0 Å². The lowest BCUT2D eigenvalue weighted by atomic mass is 10.0. The number of rotatable bonds is 4. The molecule has 0 aliphatic carbocycles. The molecule has 1 aliphatic rings. The molecule has 2 N–H and O–H groups in total. The van der Waals surface area contributed by atoms with E-state index in [1.165, 1.54) is 6.92 Å². The monoisotopic (exact) mass is 327 g/mol. The smallest absolute Gasteiger partial charge is 0.410 e. The van der Waals surface area contributed by atoms with Crippen molar-refractivity contribution >= 4 is 17.9 Å². The highest BCUT2D eigenvalue weighted by Gasteiger charge is 2.32. The summed E-state index contributed by atoms with van der Waals surface area (Å²) in [5.74, 6) is -0.464. The molecule has 1 aliphatic heterocycles. The number of hydrogen-bond acceptors (Lipinski definition) is 4. The van der Waals surface area contributed by atoms with Gasteiger partial charge in [-0.2, -0.15) is 0 Å². The van der Waals surface area contributed by atoms with Gasteiger partial charge in [0, 0.05) is 26.1 Å². The summed E-state index contributed by atoms with van der Waals surface area (Å²) in [4.78, 5) is 37.1. The lowest BCUT2D eigenvalue weighted by molar-refractivity contribution is -0.129. The maximum Gasteiger partial charge on any atom is 0.410 e. The zero-order valence-electron chi connectivity index (χ0n) is 14.9. The highest BCUT2D eigenvalue weighted by atomic mass is 16.6. The van der Waals surface area contributed by atoms with Crippen molar-refractivity contribution in [2.75, 3.05) is 13.1 Å². The van der Waals surface area contributed by atoms with Gasteiger partial charge in [-0.25, -0.2) is 4.79 Å². The topological polar surface area (TPSA) is 87.7 Å². The van der Waals surface area contributed by atoms with Crippen molar-refractivity contribution in [3.05, 3.63) is 0 Å².